The lowest BCUT2D eigenvalue weighted by atomic mass is 10.0. The van der Waals surface area contributed by atoms with Crippen LogP contribution in [0.15, 0.2) is 58.1 Å². The van der Waals surface area contributed by atoms with Gasteiger partial charge in [-0.3, -0.25) is 18.8 Å². The van der Waals surface area contributed by atoms with Gasteiger partial charge in [0.2, 0.25) is 0 Å². The van der Waals surface area contributed by atoms with Crippen molar-refractivity contribution in [1.29, 1.82) is 0 Å². The van der Waals surface area contributed by atoms with Gasteiger partial charge in [0.1, 0.15) is 11.5 Å². The fourth-order valence-electron chi connectivity index (χ4n) is 5.66. The third kappa shape index (κ3) is 7.61. The molecule has 0 spiro atoms. The molecule has 2 heterocycles. The predicted octanol–water partition coefficient (Wildman–Crippen LogP) is 6.43. The molecule has 1 saturated heterocycles. The van der Waals surface area contributed by atoms with Crippen molar-refractivity contribution in [3.8, 4) is 0 Å². The van der Waals surface area contributed by atoms with Crippen LogP contribution in [0.5, 0.6) is 0 Å². The van der Waals surface area contributed by atoms with E-state index in [4.69, 9.17) is 0 Å². The highest BCUT2D eigenvalue weighted by Gasteiger charge is 2.56. The van der Waals surface area contributed by atoms with Gasteiger partial charge in [-0.25, -0.2) is 9.18 Å². The van der Waals surface area contributed by atoms with Crippen LogP contribution in [0.3, 0.4) is 0 Å². The van der Waals surface area contributed by atoms with E-state index < -0.39 is 65.9 Å². The van der Waals surface area contributed by atoms with Crippen molar-refractivity contribution in [1.82, 2.24) is 14.0 Å². The zero-order valence-corrected chi connectivity index (χ0v) is 25.1. The van der Waals surface area contributed by atoms with Crippen LogP contribution in [0.1, 0.15) is 48.1 Å². The van der Waals surface area contributed by atoms with E-state index >= 15 is 0 Å². The highest BCUT2D eigenvalue weighted by atomic mass is 19.4. The van der Waals surface area contributed by atoms with Crippen molar-refractivity contribution in [3.63, 3.8) is 0 Å². The lowest BCUT2D eigenvalue weighted by molar-refractivity contribution is -0.284. The summed E-state index contributed by atoms with van der Waals surface area (Å²) in [6, 6.07) is 11.4. The molecule has 4 rings (SSSR count). The monoisotopic (exact) mass is 664 g/mol. The molecule has 0 bridgehead atoms. The Morgan fingerprint density at radius 1 is 0.826 bits per heavy atom. The summed E-state index contributed by atoms with van der Waals surface area (Å²) >= 11 is 0. The Balaban J connectivity index is 1.68. The van der Waals surface area contributed by atoms with Crippen LogP contribution in [0.25, 0.3) is 0 Å². The molecule has 0 radical (unpaired) electrons. The number of nitrogens with zero attached hydrogens (tertiary/aromatic N) is 4. The third-order valence-electron chi connectivity index (χ3n) is 8.29. The topological polar surface area (TPSA) is 50.5 Å². The van der Waals surface area contributed by atoms with Crippen LogP contribution in [0.4, 0.5) is 45.2 Å². The molecule has 1 aliphatic heterocycles. The quantitative estimate of drug-likeness (QED) is 0.235. The van der Waals surface area contributed by atoms with Crippen molar-refractivity contribution in [2.45, 2.75) is 64.0 Å². The molecule has 46 heavy (non-hydrogen) atoms. The molecule has 1 aromatic heterocycles. The van der Waals surface area contributed by atoms with Crippen LogP contribution in [0.2, 0.25) is 0 Å². The average molecular weight is 665 g/mol. The highest BCUT2D eigenvalue weighted by molar-refractivity contribution is 5.50. The van der Waals surface area contributed by atoms with Crippen molar-refractivity contribution in [3.05, 3.63) is 97.6 Å². The van der Waals surface area contributed by atoms with E-state index in [9.17, 15) is 49.1 Å². The number of hydrogen-bond donors (Lipinski definition) is 0. The maximum atomic E-state index is 14.9. The predicted molar refractivity (Wildman–Crippen MR) is 154 cm³/mol. The zero-order chi connectivity index (χ0) is 34.0. The number of alkyl halides is 8. The molecule has 2 aromatic carbocycles. The van der Waals surface area contributed by atoms with E-state index in [0.29, 0.717) is 6.07 Å². The second kappa shape index (κ2) is 13.5. The van der Waals surface area contributed by atoms with E-state index in [1.54, 1.807) is 47.1 Å². The van der Waals surface area contributed by atoms with Gasteiger partial charge in [-0.1, -0.05) is 43.3 Å². The van der Waals surface area contributed by atoms with E-state index in [1.165, 1.54) is 6.92 Å². The van der Waals surface area contributed by atoms with Gasteiger partial charge in [0.15, 0.2) is 0 Å². The minimum absolute atomic E-state index is 0.00742. The summed E-state index contributed by atoms with van der Waals surface area (Å²) in [5.41, 5.74) is -2.85. The van der Waals surface area contributed by atoms with Gasteiger partial charge >= 0.3 is 24.0 Å². The Morgan fingerprint density at radius 3 is 2.04 bits per heavy atom. The van der Waals surface area contributed by atoms with E-state index in [0.717, 1.165) is 26.8 Å². The summed E-state index contributed by atoms with van der Waals surface area (Å²) in [6.45, 7) is 2.75. The molecule has 0 unspecified atom stereocenters. The summed E-state index contributed by atoms with van der Waals surface area (Å²) in [7, 11) is 0. The maximum absolute atomic E-state index is 14.9. The van der Waals surface area contributed by atoms with Crippen molar-refractivity contribution < 1.29 is 39.5 Å². The molecular weight excluding hydrogens is 631 g/mol. The van der Waals surface area contributed by atoms with Gasteiger partial charge in [-0.2, -0.15) is 35.1 Å². The van der Waals surface area contributed by atoms with Crippen LogP contribution in [0, 0.1) is 12.7 Å². The van der Waals surface area contributed by atoms with Gasteiger partial charge in [0, 0.05) is 50.4 Å². The van der Waals surface area contributed by atoms with Crippen molar-refractivity contribution in [2.24, 2.45) is 0 Å². The number of benzene rings is 2. The first-order chi connectivity index (χ1) is 21.4. The molecule has 0 aliphatic carbocycles. The Kier molecular flexibility index (Phi) is 10.3. The third-order valence-corrected chi connectivity index (χ3v) is 8.29. The van der Waals surface area contributed by atoms with Crippen molar-refractivity contribution in [2.75, 3.05) is 37.6 Å². The number of halogens is 9. The highest BCUT2D eigenvalue weighted by Crippen LogP contribution is 2.39. The number of rotatable bonds is 10. The Labute approximate surface area is 258 Å². The molecule has 15 heteroatoms. The summed E-state index contributed by atoms with van der Waals surface area (Å²) < 4.78 is 122. The molecule has 252 valence electrons. The summed E-state index contributed by atoms with van der Waals surface area (Å²) in [5.74, 6) is -6.37. The summed E-state index contributed by atoms with van der Waals surface area (Å²) in [4.78, 5) is 30.9. The molecule has 0 saturated carbocycles. The Hall–Kier alpha value is -3.75. The molecule has 1 atom stereocenters. The molecular formula is C31H33F9N4O2. The lowest BCUT2D eigenvalue weighted by Gasteiger charge is -2.37. The SMILES string of the molecule is Cc1c(N2CCN(CCCC(F)(F)C(F)(F)F)CC2)c(=O)n(C[C@H](C)c2ccccc2)c(=O)n1Cc1c(F)cccc1C(F)(F)F. The second-order valence-electron chi connectivity index (χ2n) is 11.4. The fraction of sp³-hybridized carbons (Fsp3) is 0.484. The molecule has 0 amide bonds. The lowest BCUT2D eigenvalue weighted by Crippen LogP contribution is -2.51. The second-order valence-corrected chi connectivity index (χ2v) is 11.4. The Morgan fingerprint density at radius 2 is 1.46 bits per heavy atom. The average Bonchev–Trinajstić information content (AvgIpc) is 2.98. The number of aromatic nitrogens is 2. The van der Waals surface area contributed by atoms with Crippen LogP contribution < -0.4 is 16.1 Å². The maximum Gasteiger partial charge on any atom is 0.453 e. The van der Waals surface area contributed by atoms with Gasteiger partial charge in [0.05, 0.1) is 12.1 Å². The number of piperazine rings is 1. The first-order valence-electron chi connectivity index (χ1n) is 14.6. The van der Waals surface area contributed by atoms with Crippen molar-refractivity contribution >= 4 is 5.69 Å². The minimum atomic E-state index is -5.65. The molecule has 6 nitrogen and oxygen atoms in total. The minimum Gasteiger partial charge on any atom is -0.363 e. The smallest absolute Gasteiger partial charge is 0.363 e. The first kappa shape index (κ1) is 35.1. The molecule has 1 fully saturated rings. The normalized spacial score (nSPS) is 15.8. The van der Waals surface area contributed by atoms with Crippen LogP contribution in [-0.4, -0.2) is 58.9 Å². The molecule has 0 N–H and O–H groups in total. The fourth-order valence-corrected chi connectivity index (χ4v) is 5.66. The van der Waals surface area contributed by atoms with E-state index in [2.05, 4.69) is 0 Å². The van der Waals surface area contributed by atoms with E-state index in [-0.39, 0.29) is 56.6 Å². The molecule has 1 aliphatic rings. The standard InChI is InChI=1S/C31H33F9N4O2/c1-20(22-8-4-3-5-9-22)18-44-27(45)26(42-16-14-41(15-17-42)13-7-12-29(33,34)31(38,39)40)21(2)43(28(44)46)19-23-24(30(35,36)37)10-6-11-25(23)32/h3-6,8-11,20H,7,12-19H2,1-2H3/t20-/m0/s1. The van der Waals surface area contributed by atoms with Gasteiger partial charge in [0.25, 0.3) is 5.56 Å². The van der Waals surface area contributed by atoms with Gasteiger partial charge < -0.3 is 4.90 Å². The summed E-state index contributed by atoms with van der Waals surface area (Å²) in [6.07, 6.45) is -12.4. The zero-order valence-electron chi connectivity index (χ0n) is 25.1. The first-order valence-corrected chi connectivity index (χ1v) is 14.6. The largest absolute Gasteiger partial charge is 0.453 e. The van der Waals surface area contributed by atoms with Crippen LogP contribution >= 0.6 is 0 Å². The number of anilines is 1. The number of hydrogen-bond acceptors (Lipinski definition) is 4. The Bertz CT molecular complexity index is 1620. The molecule has 3 aromatic rings. The van der Waals surface area contributed by atoms with Gasteiger partial charge in [-0.05, 0) is 43.5 Å². The van der Waals surface area contributed by atoms with Crippen LogP contribution in [-0.2, 0) is 19.3 Å². The van der Waals surface area contributed by atoms with E-state index in [1.807, 2.05) is 0 Å². The van der Waals surface area contributed by atoms with Gasteiger partial charge in [-0.15, -0.1) is 0 Å². The summed E-state index contributed by atoms with van der Waals surface area (Å²) in [5, 5.41) is 0.